The molecule has 1 aliphatic heterocycles. The second-order valence-electron chi connectivity index (χ2n) is 9.68. The second-order valence-corrected chi connectivity index (χ2v) is 9.68. The second kappa shape index (κ2) is 13.3. The van der Waals surface area contributed by atoms with Gasteiger partial charge in [0.1, 0.15) is 11.7 Å². The predicted octanol–water partition coefficient (Wildman–Crippen LogP) is 1.34. The summed E-state index contributed by atoms with van der Waals surface area (Å²) in [5, 5.41) is 18.8. The fraction of sp³-hybridized carbons (Fsp3) is 0.462. The van der Waals surface area contributed by atoms with Crippen molar-refractivity contribution in [1.29, 1.82) is 0 Å². The van der Waals surface area contributed by atoms with E-state index in [1.807, 2.05) is 51.1 Å². The molecule has 1 aromatic carbocycles. The van der Waals surface area contributed by atoms with E-state index in [0.29, 0.717) is 12.1 Å². The lowest BCUT2D eigenvalue weighted by molar-refractivity contribution is -0.136. The third-order valence-electron chi connectivity index (χ3n) is 5.84. The van der Waals surface area contributed by atoms with Gasteiger partial charge in [0.15, 0.2) is 0 Å². The number of aromatic nitrogens is 1. The number of pyridine rings is 1. The summed E-state index contributed by atoms with van der Waals surface area (Å²) >= 11 is 0. The number of rotatable bonds is 9. The van der Waals surface area contributed by atoms with Gasteiger partial charge in [0.05, 0.1) is 24.3 Å². The zero-order valence-electron chi connectivity index (χ0n) is 21.6. The first-order valence-electron chi connectivity index (χ1n) is 12.5. The molecule has 0 radical (unpaired) electrons. The lowest BCUT2D eigenvalue weighted by atomic mass is 9.73. The van der Waals surface area contributed by atoms with Crippen LogP contribution in [0.15, 0.2) is 48.5 Å². The first-order valence-corrected chi connectivity index (χ1v) is 12.5. The van der Waals surface area contributed by atoms with E-state index < -0.39 is 43.0 Å². The number of hydrogen-bond donors (Lipinski definition) is 4. The molecule has 0 spiro atoms. The fourth-order valence-corrected chi connectivity index (χ4v) is 3.93. The van der Waals surface area contributed by atoms with Crippen LogP contribution < -0.4 is 16.0 Å². The van der Waals surface area contributed by atoms with Crippen LogP contribution in [-0.4, -0.2) is 72.3 Å². The van der Waals surface area contributed by atoms with Gasteiger partial charge in [-0.15, -0.1) is 0 Å². The molecule has 0 bridgehead atoms. The first kappa shape index (κ1) is 28.3. The minimum atomic E-state index is -1.27. The number of carbonyl (C=O) groups excluding carboxylic acids is 3. The highest BCUT2D eigenvalue weighted by Crippen LogP contribution is 2.17. The Morgan fingerprint density at radius 2 is 1.86 bits per heavy atom. The smallest absolute Gasteiger partial charge is 0.507 e. The molecule has 2 amide bonds. The van der Waals surface area contributed by atoms with Crippen LogP contribution in [0, 0.1) is 5.92 Å². The molecule has 4 N–H and O–H groups in total. The standard InChI is InChI=1S/C26H35BN4O6/c1-16(2)13-22(27-36-15-17(3)28-14-23(33)37-27)30-26(35)24(18(4)32)31-25(34)21-12-8-11-20(29-21)19-9-6-5-7-10-19/h5-12,16-18,22,24,28,32H,13-15H2,1-4H3,(H,30,35)(H,31,34)/t17-,18-,22+,24?/m1/s1. The Hall–Kier alpha value is -3.28. The summed E-state index contributed by atoms with van der Waals surface area (Å²) in [4.78, 5) is 42.8. The van der Waals surface area contributed by atoms with E-state index in [0.717, 1.165) is 5.56 Å². The van der Waals surface area contributed by atoms with Crippen molar-refractivity contribution >= 4 is 24.9 Å². The quantitative estimate of drug-likeness (QED) is 0.371. The molecule has 1 aromatic heterocycles. The highest BCUT2D eigenvalue weighted by atomic mass is 16.6. The summed E-state index contributed by atoms with van der Waals surface area (Å²) in [5.74, 6) is -2.27. The molecule has 11 heteroatoms. The van der Waals surface area contributed by atoms with Crippen LogP contribution in [0.25, 0.3) is 11.3 Å². The van der Waals surface area contributed by atoms with Crippen LogP contribution in [0.2, 0.25) is 0 Å². The van der Waals surface area contributed by atoms with Crippen LogP contribution in [-0.2, 0) is 18.9 Å². The number of nitrogens with zero attached hydrogens (tertiary/aromatic N) is 1. The van der Waals surface area contributed by atoms with E-state index in [1.54, 1.807) is 12.1 Å². The molecule has 0 aliphatic carbocycles. The van der Waals surface area contributed by atoms with Crippen molar-refractivity contribution in [3.8, 4) is 11.3 Å². The molecule has 3 rings (SSSR count). The highest BCUT2D eigenvalue weighted by molar-refractivity contribution is 6.49. The van der Waals surface area contributed by atoms with Crippen LogP contribution in [0.4, 0.5) is 0 Å². The maximum absolute atomic E-state index is 13.3. The zero-order valence-corrected chi connectivity index (χ0v) is 21.6. The normalized spacial score (nSPS) is 18.7. The number of nitrogens with one attached hydrogen (secondary N) is 3. The molecule has 0 saturated carbocycles. The van der Waals surface area contributed by atoms with Gasteiger partial charge in [-0.25, -0.2) is 4.98 Å². The highest BCUT2D eigenvalue weighted by Gasteiger charge is 2.39. The number of aliphatic hydroxyl groups excluding tert-OH is 1. The first-order chi connectivity index (χ1) is 17.6. The van der Waals surface area contributed by atoms with E-state index in [-0.39, 0.29) is 30.8 Å². The minimum absolute atomic E-state index is 0.0325. The molecule has 2 aromatic rings. The molecule has 37 heavy (non-hydrogen) atoms. The summed E-state index contributed by atoms with van der Waals surface area (Å²) in [6.07, 6.45) is -0.752. The third-order valence-corrected chi connectivity index (χ3v) is 5.84. The number of benzene rings is 1. The van der Waals surface area contributed by atoms with Gasteiger partial charge in [0.2, 0.25) is 5.91 Å². The lowest BCUT2D eigenvalue weighted by Crippen LogP contribution is -2.59. The van der Waals surface area contributed by atoms with Crippen molar-refractivity contribution in [2.75, 3.05) is 13.2 Å². The third kappa shape index (κ3) is 8.38. The minimum Gasteiger partial charge on any atom is -0.507 e. The topological polar surface area (TPSA) is 139 Å². The Morgan fingerprint density at radius 1 is 1.14 bits per heavy atom. The van der Waals surface area contributed by atoms with Crippen molar-refractivity contribution in [3.63, 3.8) is 0 Å². The lowest BCUT2D eigenvalue weighted by Gasteiger charge is -2.30. The van der Waals surface area contributed by atoms with Gasteiger partial charge in [-0.3, -0.25) is 14.4 Å². The average molecular weight is 510 g/mol. The van der Waals surface area contributed by atoms with E-state index in [9.17, 15) is 19.5 Å². The molecular formula is C26H35BN4O6. The Labute approximate surface area is 217 Å². The van der Waals surface area contributed by atoms with Gasteiger partial charge >= 0.3 is 13.1 Å². The predicted molar refractivity (Wildman–Crippen MR) is 139 cm³/mol. The van der Waals surface area contributed by atoms with Crippen LogP contribution in [0.5, 0.6) is 0 Å². The van der Waals surface area contributed by atoms with Gasteiger partial charge < -0.3 is 30.4 Å². The van der Waals surface area contributed by atoms with Crippen molar-refractivity contribution < 1.29 is 28.8 Å². The van der Waals surface area contributed by atoms with E-state index in [4.69, 9.17) is 9.31 Å². The van der Waals surface area contributed by atoms with Crippen LogP contribution in [0.3, 0.4) is 0 Å². The molecule has 198 valence electrons. The average Bonchev–Trinajstić information content (AvgIpc) is 2.87. The summed E-state index contributed by atoms with van der Waals surface area (Å²) < 4.78 is 11.2. The van der Waals surface area contributed by atoms with Crippen molar-refractivity contribution in [2.24, 2.45) is 5.92 Å². The molecule has 1 saturated heterocycles. The number of carbonyl (C=O) groups is 3. The summed E-state index contributed by atoms with van der Waals surface area (Å²) in [7, 11) is -1.00. The Balaban J connectivity index is 1.74. The maximum Gasteiger partial charge on any atom is 0.551 e. The van der Waals surface area contributed by atoms with E-state index >= 15 is 0 Å². The number of amides is 2. The van der Waals surface area contributed by atoms with Crippen molar-refractivity contribution in [3.05, 3.63) is 54.2 Å². The summed E-state index contributed by atoms with van der Waals surface area (Å²) in [6, 6.07) is 13.1. The zero-order chi connectivity index (χ0) is 26.9. The molecule has 1 unspecified atom stereocenters. The van der Waals surface area contributed by atoms with Gasteiger partial charge in [0, 0.05) is 18.2 Å². The molecule has 4 atom stereocenters. The molecule has 1 aliphatic rings. The fourth-order valence-electron chi connectivity index (χ4n) is 3.93. The SMILES string of the molecule is CC(C)C[C@H](NC(=O)C(NC(=O)c1cccc(-c2ccccc2)n1)[C@@H](C)O)B1OC[C@@H](C)NCC(=O)O1. The number of hydrogen-bond acceptors (Lipinski definition) is 8. The maximum atomic E-state index is 13.3. The van der Waals surface area contributed by atoms with Crippen molar-refractivity contribution in [1.82, 2.24) is 20.9 Å². The monoisotopic (exact) mass is 510 g/mol. The van der Waals surface area contributed by atoms with Gasteiger partial charge in [-0.05, 0) is 38.3 Å². The van der Waals surface area contributed by atoms with Gasteiger partial charge in [-0.1, -0.05) is 50.2 Å². The van der Waals surface area contributed by atoms with Gasteiger partial charge in [-0.2, -0.15) is 0 Å². The number of aliphatic hydroxyl groups is 1. The van der Waals surface area contributed by atoms with Gasteiger partial charge in [0.25, 0.3) is 5.91 Å². The Bertz CT molecular complexity index is 1070. The Morgan fingerprint density at radius 3 is 2.54 bits per heavy atom. The van der Waals surface area contributed by atoms with E-state index in [2.05, 4.69) is 20.9 Å². The summed E-state index contributed by atoms with van der Waals surface area (Å²) in [5.41, 5.74) is 1.56. The van der Waals surface area contributed by atoms with Crippen LogP contribution >= 0.6 is 0 Å². The largest absolute Gasteiger partial charge is 0.551 e. The molecule has 1 fully saturated rings. The van der Waals surface area contributed by atoms with E-state index in [1.165, 1.54) is 13.0 Å². The molecule has 2 heterocycles. The van der Waals surface area contributed by atoms with Crippen LogP contribution in [0.1, 0.15) is 44.6 Å². The molecular weight excluding hydrogens is 475 g/mol. The summed E-state index contributed by atoms with van der Waals surface area (Å²) in [6.45, 7) is 7.54. The van der Waals surface area contributed by atoms with Crippen molar-refractivity contribution in [2.45, 2.75) is 58.2 Å². The molecule has 10 nitrogen and oxygen atoms in total. The Kier molecular flexibility index (Phi) is 10.2.